The average Bonchev–Trinajstić information content (AvgIpc) is 2.59. The van der Waals surface area contributed by atoms with Gasteiger partial charge in [-0.3, -0.25) is 4.90 Å². The molecular formula is C20H25FN2O. The Labute approximate surface area is 143 Å². The fourth-order valence-electron chi connectivity index (χ4n) is 3.28. The zero-order valence-electron chi connectivity index (χ0n) is 14.0. The molecule has 1 aliphatic heterocycles. The summed E-state index contributed by atoms with van der Waals surface area (Å²) in [7, 11) is 0. The molecule has 0 aliphatic carbocycles. The summed E-state index contributed by atoms with van der Waals surface area (Å²) in [6.07, 6.45) is 3.60. The van der Waals surface area contributed by atoms with Gasteiger partial charge in [-0.25, -0.2) is 4.39 Å². The second-order valence-corrected chi connectivity index (χ2v) is 6.51. The van der Waals surface area contributed by atoms with E-state index in [1.807, 2.05) is 0 Å². The Morgan fingerprint density at radius 1 is 1.08 bits per heavy atom. The third-order valence-corrected chi connectivity index (χ3v) is 4.70. The number of nitrogens with zero attached hydrogens (tertiary/aromatic N) is 1. The summed E-state index contributed by atoms with van der Waals surface area (Å²) in [5, 5.41) is 0. The molecule has 1 aliphatic rings. The van der Waals surface area contributed by atoms with E-state index in [1.54, 1.807) is 12.1 Å². The van der Waals surface area contributed by atoms with Crippen molar-refractivity contribution in [2.45, 2.75) is 19.3 Å². The number of anilines is 1. The van der Waals surface area contributed by atoms with Crippen LogP contribution in [0.15, 0.2) is 48.5 Å². The van der Waals surface area contributed by atoms with Gasteiger partial charge < -0.3 is 10.5 Å². The van der Waals surface area contributed by atoms with E-state index in [9.17, 15) is 4.39 Å². The second-order valence-electron chi connectivity index (χ2n) is 6.51. The van der Waals surface area contributed by atoms with Crippen LogP contribution < -0.4 is 10.5 Å². The summed E-state index contributed by atoms with van der Waals surface area (Å²) < 4.78 is 19.2. The van der Waals surface area contributed by atoms with Crippen LogP contribution in [0, 0.1) is 11.7 Å². The first-order valence-electron chi connectivity index (χ1n) is 8.65. The summed E-state index contributed by atoms with van der Waals surface area (Å²) in [6, 6.07) is 15.3. The molecule has 3 nitrogen and oxygen atoms in total. The lowest BCUT2D eigenvalue weighted by Crippen LogP contribution is -2.37. The zero-order chi connectivity index (χ0) is 16.8. The van der Waals surface area contributed by atoms with E-state index in [0.717, 1.165) is 25.6 Å². The predicted molar refractivity (Wildman–Crippen MR) is 95.6 cm³/mol. The molecule has 0 amide bonds. The Bertz CT molecular complexity index is 639. The number of piperidine rings is 1. The highest BCUT2D eigenvalue weighted by Crippen LogP contribution is 2.22. The van der Waals surface area contributed by atoms with Gasteiger partial charge in [0.25, 0.3) is 0 Å². The molecule has 2 N–H and O–H groups in total. The van der Waals surface area contributed by atoms with Crippen LogP contribution in [0.1, 0.15) is 18.4 Å². The van der Waals surface area contributed by atoms with E-state index in [2.05, 4.69) is 35.2 Å². The van der Waals surface area contributed by atoms with Crippen molar-refractivity contribution in [3.8, 4) is 5.75 Å². The molecule has 128 valence electrons. The fraction of sp³-hybridized carbons (Fsp3) is 0.400. The smallest absolute Gasteiger partial charge is 0.167 e. The quantitative estimate of drug-likeness (QED) is 0.821. The molecule has 0 radical (unpaired) electrons. The topological polar surface area (TPSA) is 38.5 Å². The summed E-state index contributed by atoms with van der Waals surface area (Å²) in [5.41, 5.74) is 7.38. The largest absolute Gasteiger partial charge is 0.489 e. The molecule has 1 heterocycles. The van der Waals surface area contributed by atoms with Crippen LogP contribution in [0.3, 0.4) is 0 Å². The van der Waals surface area contributed by atoms with Crippen molar-refractivity contribution >= 4 is 5.69 Å². The van der Waals surface area contributed by atoms with E-state index >= 15 is 0 Å². The molecule has 0 saturated carbocycles. The molecule has 2 aromatic carbocycles. The molecule has 0 atom stereocenters. The minimum Gasteiger partial charge on any atom is -0.489 e. The zero-order valence-corrected chi connectivity index (χ0v) is 14.0. The predicted octanol–water partition coefficient (Wildman–Crippen LogP) is 3.74. The van der Waals surface area contributed by atoms with E-state index in [0.29, 0.717) is 12.3 Å². The minimum absolute atomic E-state index is 0.281. The molecule has 2 aromatic rings. The minimum atomic E-state index is -0.392. The van der Waals surface area contributed by atoms with Crippen molar-refractivity contribution in [2.24, 2.45) is 5.92 Å². The summed E-state index contributed by atoms with van der Waals surface area (Å²) >= 11 is 0. The Balaban J connectivity index is 1.38. The number of benzene rings is 2. The Kier molecular flexibility index (Phi) is 5.70. The van der Waals surface area contributed by atoms with Crippen LogP contribution in [-0.2, 0) is 6.42 Å². The Hall–Kier alpha value is -2.07. The third-order valence-electron chi connectivity index (χ3n) is 4.70. The summed E-state index contributed by atoms with van der Waals surface area (Å²) in [4.78, 5) is 2.40. The van der Waals surface area contributed by atoms with Crippen molar-refractivity contribution in [3.63, 3.8) is 0 Å². The molecule has 24 heavy (non-hydrogen) atoms. The van der Waals surface area contributed by atoms with Gasteiger partial charge in [0.2, 0.25) is 0 Å². The summed E-state index contributed by atoms with van der Waals surface area (Å²) in [6.45, 7) is 3.52. The van der Waals surface area contributed by atoms with E-state index in [-0.39, 0.29) is 5.75 Å². The maximum atomic E-state index is 13.7. The Morgan fingerprint density at radius 2 is 1.83 bits per heavy atom. The van der Waals surface area contributed by atoms with Crippen LogP contribution >= 0.6 is 0 Å². The van der Waals surface area contributed by atoms with Gasteiger partial charge in [-0.1, -0.05) is 30.3 Å². The molecule has 1 saturated heterocycles. The average molecular weight is 328 g/mol. The van der Waals surface area contributed by atoms with Gasteiger partial charge in [0.05, 0.1) is 0 Å². The molecule has 4 heteroatoms. The van der Waals surface area contributed by atoms with Crippen molar-refractivity contribution in [3.05, 3.63) is 59.9 Å². The SMILES string of the molecule is Nc1ccc(OCCN2CCC(Cc3ccccc3)CC2)c(F)c1. The van der Waals surface area contributed by atoms with Crippen LogP contribution in [0.25, 0.3) is 0 Å². The molecule has 3 rings (SSSR count). The monoisotopic (exact) mass is 328 g/mol. The number of halogens is 1. The first-order valence-corrected chi connectivity index (χ1v) is 8.65. The normalized spacial score (nSPS) is 16.2. The van der Waals surface area contributed by atoms with Gasteiger partial charge in [-0.2, -0.15) is 0 Å². The standard InChI is InChI=1S/C20H25FN2O/c21-19-15-18(22)6-7-20(19)24-13-12-23-10-8-17(9-11-23)14-16-4-2-1-3-5-16/h1-7,15,17H,8-14,22H2. The second kappa shape index (κ2) is 8.15. The highest BCUT2D eigenvalue weighted by Gasteiger charge is 2.19. The van der Waals surface area contributed by atoms with E-state index in [4.69, 9.17) is 10.5 Å². The van der Waals surface area contributed by atoms with Gasteiger partial charge in [0, 0.05) is 18.3 Å². The number of likely N-dealkylation sites (tertiary alicyclic amines) is 1. The Morgan fingerprint density at radius 3 is 2.54 bits per heavy atom. The van der Waals surface area contributed by atoms with Gasteiger partial charge in [-0.15, -0.1) is 0 Å². The first kappa shape index (κ1) is 16.8. The van der Waals surface area contributed by atoms with Gasteiger partial charge in [0.15, 0.2) is 11.6 Å². The number of ether oxygens (including phenoxy) is 1. The molecular weight excluding hydrogens is 303 g/mol. The molecule has 0 aromatic heterocycles. The molecule has 1 fully saturated rings. The van der Waals surface area contributed by atoms with Crippen LogP contribution in [0.5, 0.6) is 5.75 Å². The lowest BCUT2D eigenvalue weighted by molar-refractivity contribution is 0.153. The highest BCUT2D eigenvalue weighted by molar-refractivity contribution is 5.42. The highest BCUT2D eigenvalue weighted by atomic mass is 19.1. The number of rotatable bonds is 6. The van der Waals surface area contributed by atoms with E-state index in [1.165, 1.54) is 30.9 Å². The first-order chi connectivity index (χ1) is 11.7. The third kappa shape index (κ3) is 4.71. The number of hydrogen-bond donors (Lipinski definition) is 1. The van der Waals surface area contributed by atoms with Gasteiger partial charge in [-0.05, 0) is 56.0 Å². The maximum absolute atomic E-state index is 13.7. The summed E-state index contributed by atoms with van der Waals surface area (Å²) in [5.74, 6) is 0.652. The van der Waals surface area contributed by atoms with Crippen molar-refractivity contribution in [1.29, 1.82) is 0 Å². The lowest BCUT2D eigenvalue weighted by Gasteiger charge is -2.31. The van der Waals surface area contributed by atoms with Gasteiger partial charge in [0.1, 0.15) is 6.61 Å². The number of nitrogens with two attached hydrogens (primary N) is 1. The van der Waals surface area contributed by atoms with Crippen molar-refractivity contribution in [1.82, 2.24) is 4.90 Å². The lowest BCUT2D eigenvalue weighted by atomic mass is 9.90. The maximum Gasteiger partial charge on any atom is 0.167 e. The van der Waals surface area contributed by atoms with Crippen LogP contribution in [0.2, 0.25) is 0 Å². The number of nitrogen functional groups attached to an aromatic ring is 1. The molecule has 0 bridgehead atoms. The molecule has 0 unspecified atom stereocenters. The fourth-order valence-corrected chi connectivity index (χ4v) is 3.28. The van der Waals surface area contributed by atoms with E-state index < -0.39 is 5.82 Å². The number of hydrogen-bond acceptors (Lipinski definition) is 3. The van der Waals surface area contributed by atoms with Crippen molar-refractivity contribution in [2.75, 3.05) is 32.0 Å². The van der Waals surface area contributed by atoms with Crippen LogP contribution in [0.4, 0.5) is 10.1 Å². The van der Waals surface area contributed by atoms with Crippen molar-refractivity contribution < 1.29 is 9.13 Å². The van der Waals surface area contributed by atoms with Gasteiger partial charge >= 0.3 is 0 Å². The van der Waals surface area contributed by atoms with Crippen LogP contribution in [-0.4, -0.2) is 31.1 Å². The molecule has 0 spiro atoms.